The fourth-order valence-electron chi connectivity index (χ4n) is 2.66. The predicted molar refractivity (Wildman–Crippen MR) is 110 cm³/mol. The van der Waals surface area contributed by atoms with Gasteiger partial charge in [0, 0.05) is 44.3 Å². The van der Waals surface area contributed by atoms with Crippen molar-refractivity contribution in [2.75, 3.05) is 20.1 Å². The van der Waals surface area contributed by atoms with Crippen LogP contribution in [0.15, 0.2) is 58.2 Å². The molecular formula is C20H23ClN6O. The number of aliphatic imine (C=N–C) groups is 1. The van der Waals surface area contributed by atoms with E-state index in [1.807, 2.05) is 56.4 Å². The van der Waals surface area contributed by atoms with Crippen LogP contribution in [0.5, 0.6) is 0 Å². The molecule has 0 saturated heterocycles. The molecule has 0 aliphatic heterocycles. The van der Waals surface area contributed by atoms with E-state index in [2.05, 4.69) is 30.3 Å². The van der Waals surface area contributed by atoms with Crippen molar-refractivity contribution in [2.45, 2.75) is 19.9 Å². The molecular weight excluding hydrogens is 376 g/mol. The monoisotopic (exact) mass is 398 g/mol. The molecule has 0 spiro atoms. The van der Waals surface area contributed by atoms with E-state index in [4.69, 9.17) is 16.1 Å². The predicted octanol–water partition coefficient (Wildman–Crippen LogP) is 3.43. The lowest BCUT2D eigenvalue weighted by Gasteiger charge is -2.22. The summed E-state index contributed by atoms with van der Waals surface area (Å²) in [4.78, 5) is 15.3. The molecule has 0 saturated carbocycles. The second-order valence-electron chi connectivity index (χ2n) is 6.20. The standard InChI is InChI=1S/C20H23ClN6O/c1-3-22-20(27(2)14-15-7-6-8-16(21)13-15)24-12-10-18-25-19(28-26-18)17-9-4-5-11-23-17/h4-9,11,13H,3,10,12,14H2,1-2H3,(H,22,24). The Bertz CT molecular complexity index is 912. The van der Waals surface area contributed by atoms with Crippen molar-refractivity contribution < 1.29 is 4.52 Å². The summed E-state index contributed by atoms with van der Waals surface area (Å²) in [7, 11) is 2.00. The van der Waals surface area contributed by atoms with Gasteiger partial charge in [0.2, 0.25) is 0 Å². The Balaban J connectivity index is 1.60. The summed E-state index contributed by atoms with van der Waals surface area (Å²) in [5.41, 5.74) is 1.79. The highest BCUT2D eigenvalue weighted by Gasteiger charge is 2.10. The first-order valence-electron chi connectivity index (χ1n) is 9.13. The minimum atomic E-state index is 0.421. The van der Waals surface area contributed by atoms with E-state index in [1.54, 1.807) is 6.20 Å². The highest BCUT2D eigenvalue weighted by molar-refractivity contribution is 6.30. The highest BCUT2D eigenvalue weighted by atomic mass is 35.5. The number of nitrogens with zero attached hydrogens (tertiary/aromatic N) is 5. The first-order chi connectivity index (χ1) is 13.7. The topological polar surface area (TPSA) is 79.4 Å². The average molecular weight is 399 g/mol. The van der Waals surface area contributed by atoms with Gasteiger partial charge in [-0.15, -0.1) is 0 Å². The third kappa shape index (κ3) is 5.53. The maximum atomic E-state index is 6.08. The van der Waals surface area contributed by atoms with Gasteiger partial charge in [-0.25, -0.2) is 0 Å². The smallest absolute Gasteiger partial charge is 0.276 e. The Hall–Kier alpha value is -2.93. The van der Waals surface area contributed by atoms with Gasteiger partial charge in [-0.1, -0.05) is 35.0 Å². The molecule has 7 nitrogen and oxygen atoms in total. The molecule has 28 heavy (non-hydrogen) atoms. The molecule has 1 N–H and O–H groups in total. The van der Waals surface area contributed by atoms with Crippen LogP contribution in [0.25, 0.3) is 11.6 Å². The molecule has 3 rings (SSSR count). The summed E-state index contributed by atoms with van der Waals surface area (Å²) in [6.45, 7) is 4.08. The van der Waals surface area contributed by atoms with Crippen LogP contribution < -0.4 is 5.32 Å². The van der Waals surface area contributed by atoms with E-state index in [9.17, 15) is 0 Å². The Kier molecular flexibility index (Phi) is 6.97. The van der Waals surface area contributed by atoms with Gasteiger partial charge in [-0.2, -0.15) is 4.98 Å². The fourth-order valence-corrected chi connectivity index (χ4v) is 2.88. The van der Waals surface area contributed by atoms with Gasteiger partial charge in [-0.05, 0) is 36.8 Å². The van der Waals surface area contributed by atoms with E-state index in [1.165, 1.54) is 0 Å². The molecule has 8 heteroatoms. The van der Waals surface area contributed by atoms with E-state index in [-0.39, 0.29) is 0 Å². The first-order valence-corrected chi connectivity index (χ1v) is 9.51. The fraction of sp³-hybridized carbons (Fsp3) is 0.300. The summed E-state index contributed by atoms with van der Waals surface area (Å²) >= 11 is 6.08. The molecule has 0 amide bonds. The molecule has 0 aliphatic carbocycles. The Morgan fingerprint density at radius 2 is 2.14 bits per heavy atom. The number of benzene rings is 1. The molecule has 146 valence electrons. The Morgan fingerprint density at radius 3 is 2.89 bits per heavy atom. The van der Waals surface area contributed by atoms with E-state index < -0.39 is 0 Å². The van der Waals surface area contributed by atoms with Crippen LogP contribution in [0.3, 0.4) is 0 Å². The molecule has 0 fully saturated rings. The number of halogens is 1. The lowest BCUT2D eigenvalue weighted by Crippen LogP contribution is -2.38. The van der Waals surface area contributed by atoms with Crippen molar-refractivity contribution in [3.63, 3.8) is 0 Å². The van der Waals surface area contributed by atoms with Gasteiger partial charge >= 0.3 is 0 Å². The first kappa shape index (κ1) is 19.8. The third-order valence-corrected chi connectivity index (χ3v) is 4.19. The number of rotatable bonds is 7. The molecule has 0 radical (unpaired) electrons. The van der Waals surface area contributed by atoms with Crippen LogP contribution >= 0.6 is 11.6 Å². The number of aromatic nitrogens is 3. The van der Waals surface area contributed by atoms with Gasteiger partial charge < -0.3 is 14.7 Å². The van der Waals surface area contributed by atoms with Crippen molar-refractivity contribution in [2.24, 2.45) is 4.99 Å². The normalized spacial score (nSPS) is 11.5. The van der Waals surface area contributed by atoms with Crippen LogP contribution in [-0.4, -0.2) is 46.1 Å². The summed E-state index contributed by atoms with van der Waals surface area (Å²) in [6, 6.07) is 13.4. The number of guanidine groups is 1. The lowest BCUT2D eigenvalue weighted by molar-refractivity contribution is 0.421. The van der Waals surface area contributed by atoms with Crippen molar-refractivity contribution in [1.29, 1.82) is 0 Å². The van der Waals surface area contributed by atoms with Crippen molar-refractivity contribution >= 4 is 17.6 Å². The maximum absolute atomic E-state index is 6.08. The van der Waals surface area contributed by atoms with Crippen molar-refractivity contribution in [3.8, 4) is 11.6 Å². The van der Waals surface area contributed by atoms with E-state index in [0.29, 0.717) is 36.9 Å². The SMILES string of the molecule is CCNC(=NCCc1noc(-c2ccccn2)n1)N(C)Cc1cccc(Cl)c1. The zero-order valence-electron chi connectivity index (χ0n) is 16.0. The Labute approximate surface area is 169 Å². The van der Waals surface area contributed by atoms with Gasteiger partial charge in [-0.3, -0.25) is 9.98 Å². The van der Waals surface area contributed by atoms with Gasteiger partial charge in [0.1, 0.15) is 5.69 Å². The van der Waals surface area contributed by atoms with Crippen LogP contribution in [0, 0.1) is 0 Å². The van der Waals surface area contributed by atoms with Crippen LogP contribution in [0.4, 0.5) is 0 Å². The van der Waals surface area contributed by atoms with Crippen LogP contribution in [-0.2, 0) is 13.0 Å². The number of hydrogen-bond donors (Lipinski definition) is 1. The van der Waals surface area contributed by atoms with Gasteiger partial charge in [0.05, 0.1) is 0 Å². The average Bonchev–Trinajstić information content (AvgIpc) is 3.17. The molecule has 0 unspecified atom stereocenters. The number of hydrogen-bond acceptors (Lipinski definition) is 5. The summed E-state index contributed by atoms with van der Waals surface area (Å²) < 4.78 is 5.28. The van der Waals surface area contributed by atoms with Crippen LogP contribution in [0.2, 0.25) is 5.02 Å². The van der Waals surface area contributed by atoms with Crippen LogP contribution in [0.1, 0.15) is 18.3 Å². The second kappa shape index (κ2) is 9.85. The highest BCUT2D eigenvalue weighted by Crippen LogP contribution is 2.14. The maximum Gasteiger partial charge on any atom is 0.276 e. The molecule has 2 heterocycles. The third-order valence-electron chi connectivity index (χ3n) is 3.95. The molecule has 2 aromatic heterocycles. The Morgan fingerprint density at radius 1 is 1.25 bits per heavy atom. The zero-order chi connectivity index (χ0) is 19.8. The van der Waals surface area contributed by atoms with E-state index in [0.717, 1.165) is 23.1 Å². The largest absolute Gasteiger partial charge is 0.357 e. The summed E-state index contributed by atoms with van der Waals surface area (Å²) in [5.74, 6) is 1.85. The van der Waals surface area contributed by atoms with E-state index >= 15 is 0 Å². The summed E-state index contributed by atoms with van der Waals surface area (Å²) in [6.07, 6.45) is 2.28. The molecule has 0 atom stereocenters. The number of pyridine rings is 1. The molecule has 0 bridgehead atoms. The zero-order valence-corrected chi connectivity index (χ0v) is 16.7. The van der Waals surface area contributed by atoms with Gasteiger partial charge in [0.15, 0.2) is 11.8 Å². The van der Waals surface area contributed by atoms with Crippen molar-refractivity contribution in [3.05, 3.63) is 65.1 Å². The molecule has 3 aromatic rings. The minimum absolute atomic E-state index is 0.421. The summed E-state index contributed by atoms with van der Waals surface area (Å²) in [5, 5.41) is 8.05. The second-order valence-corrected chi connectivity index (χ2v) is 6.64. The lowest BCUT2D eigenvalue weighted by atomic mass is 10.2. The minimum Gasteiger partial charge on any atom is -0.357 e. The van der Waals surface area contributed by atoms with Crippen molar-refractivity contribution in [1.82, 2.24) is 25.3 Å². The molecule has 0 aliphatic rings. The molecule has 1 aromatic carbocycles. The van der Waals surface area contributed by atoms with Gasteiger partial charge in [0.25, 0.3) is 5.89 Å². The number of nitrogens with one attached hydrogen (secondary N) is 1. The quantitative estimate of drug-likeness (QED) is 0.485.